The van der Waals surface area contributed by atoms with Gasteiger partial charge in [-0.15, -0.1) is 11.8 Å². The molecule has 16 heteroatoms. The number of rotatable bonds is 8. The van der Waals surface area contributed by atoms with Crippen LogP contribution in [0.15, 0.2) is 47.1 Å². The third-order valence-corrected chi connectivity index (χ3v) is 7.78. The second-order valence-corrected chi connectivity index (χ2v) is 10.3. The van der Waals surface area contributed by atoms with Crippen molar-refractivity contribution >= 4 is 69.2 Å². The van der Waals surface area contributed by atoms with E-state index in [0.29, 0.717) is 16.3 Å². The van der Waals surface area contributed by atoms with Gasteiger partial charge in [0.05, 0.1) is 5.02 Å². The number of aliphatic carboxylic acids is 1. The van der Waals surface area contributed by atoms with E-state index in [9.17, 15) is 19.5 Å². The molecule has 0 radical (unpaired) electrons. The van der Waals surface area contributed by atoms with Gasteiger partial charge in [-0.3, -0.25) is 14.5 Å². The summed E-state index contributed by atoms with van der Waals surface area (Å²) in [4.78, 5) is 48.5. The van der Waals surface area contributed by atoms with Gasteiger partial charge in [0.1, 0.15) is 48.9 Å². The van der Waals surface area contributed by atoms with Crippen LogP contribution in [0.4, 0.5) is 5.13 Å². The molecule has 5 heterocycles. The normalized spacial score (nSPS) is 19.6. The minimum Gasteiger partial charge on any atom is -0.477 e. The summed E-state index contributed by atoms with van der Waals surface area (Å²) >= 11 is 8.30. The smallest absolute Gasteiger partial charge is 0.352 e. The second-order valence-electron chi connectivity index (χ2n) is 7.97. The lowest BCUT2D eigenvalue weighted by atomic mass is 10.0. The van der Waals surface area contributed by atoms with Gasteiger partial charge in [-0.2, -0.15) is 9.36 Å². The number of oxime groups is 1. The van der Waals surface area contributed by atoms with Gasteiger partial charge in [0.15, 0.2) is 5.13 Å². The van der Waals surface area contributed by atoms with Gasteiger partial charge >= 0.3 is 5.97 Å². The number of carbonyl (C=O) groups excluding carboxylic acids is 2. The fourth-order valence-electron chi connectivity index (χ4n) is 4.07. The summed E-state index contributed by atoms with van der Waals surface area (Å²) in [7, 11) is 0. The van der Waals surface area contributed by atoms with Crippen LogP contribution in [-0.2, 0) is 25.8 Å². The fraction of sp³-hybridized carbons (Fsp3) is 0.286. The molecule has 2 amide bonds. The number of fused-ring (bicyclic) bond motifs is 2. The van der Waals surface area contributed by atoms with Gasteiger partial charge in [-0.1, -0.05) is 16.8 Å². The van der Waals surface area contributed by atoms with E-state index in [2.05, 4.69) is 19.8 Å². The lowest BCUT2D eigenvalue weighted by Gasteiger charge is -2.49. The molecule has 0 spiro atoms. The van der Waals surface area contributed by atoms with Crippen molar-refractivity contribution in [2.75, 3.05) is 18.1 Å². The van der Waals surface area contributed by atoms with E-state index in [-0.39, 0.29) is 35.5 Å². The average molecular weight is 564 g/mol. The Kier molecular flexibility index (Phi) is 6.74. The number of nitrogens with one attached hydrogen (secondary N) is 1. The van der Waals surface area contributed by atoms with Crippen molar-refractivity contribution in [2.45, 2.75) is 24.9 Å². The number of halogens is 1. The highest BCUT2D eigenvalue weighted by Crippen LogP contribution is 2.40. The maximum Gasteiger partial charge on any atom is 0.352 e. The van der Waals surface area contributed by atoms with Crippen molar-refractivity contribution in [3.05, 3.63) is 52.8 Å². The van der Waals surface area contributed by atoms with E-state index in [1.54, 1.807) is 19.2 Å². The number of nitrogens with zero attached hydrogens (tertiary/aromatic N) is 6. The molecule has 0 aliphatic carbocycles. The SMILES string of the molecule is CCO/N=C(\C(=O)N[C@@H]1C(=O)N2C(C(=O)O)=C(C[n+]3ccn4cc(Cl)ccc43)CS[C@H]12)c1nsc(N)n1. The summed E-state index contributed by atoms with van der Waals surface area (Å²) in [6.07, 6.45) is 5.37. The molecule has 2 atom stereocenters. The maximum atomic E-state index is 13.1. The quantitative estimate of drug-likeness (QED) is 0.153. The molecule has 0 saturated carbocycles. The first-order valence-electron chi connectivity index (χ1n) is 10.9. The fourth-order valence-corrected chi connectivity index (χ4v) is 6.01. The molecule has 1 fully saturated rings. The Morgan fingerprint density at radius 1 is 1.43 bits per heavy atom. The minimum absolute atomic E-state index is 0.0279. The van der Waals surface area contributed by atoms with Crippen molar-refractivity contribution in [3.8, 4) is 0 Å². The zero-order valence-corrected chi connectivity index (χ0v) is 21.6. The topological polar surface area (TPSA) is 168 Å². The Morgan fingerprint density at radius 2 is 2.24 bits per heavy atom. The van der Waals surface area contributed by atoms with E-state index in [0.717, 1.165) is 17.2 Å². The first-order chi connectivity index (χ1) is 17.8. The molecule has 2 aliphatic heterocycles. The van der Waals surface area contributed by atoms with Crippen molar-refractivity contribution in [1.29, 1.82) is 0 Å². The van der Waals surface area contributed by atoms with Crippen LogP contribution in [0.3, 0.4) is 0 Å². The molecule has 5 rings (SSSR count). The van der Waals surface area contributed by atoms with Crippen LogP contribution in [0.2, 0.25) is 5.02 Å². The highest BCUT2D eigenvalue weighted by Gasteiger charge is 2.54. The summed E-state index contributed by atoms with van der Waals surface area (Å²) in [5.74, 6) is -2.16. The van der Waals surface area contributed by atoms with Crippen LogP contribution in [0.5, 0.6) is 0 Å². The minimum atomic E-state index is -1.22. The van der Waals surface area contributed by atoms with E-state index < -0.39 is 29.2 Å². The zero-order chi connectivity index (χ0) is 26.3. The third kappa shape index (κ3) is 4.60. The van der Waals surface area contributed by atoms with Gasteiger partial charge in [-0.25, -0.2) is 13.8 Å². The molecule has 1 saturated heterocycles. The van der Waals surface area contributed by atoms with Crippen LogP contribution in [0, 0.1) is 0 Å². The Balaban J connectivity index is 1.37. The van der Waals surface area contributed by atoms with E-state index in [1.807, 2.05) is 27.4 Å². The Labute approximate surface area is 222 Å². The largest absolute Gasteiger partial charge is 0.477 e. The number of nitrogen functional groups attached to an aromatic ring is 1. The zero-order valence-electron chi connectivity index (χ0n) is 19.2. The van der Waals surface area contributed by atoms with E-state index >= 15 is 0 Å². The Morgan fingerprint density at radius 3 is 2.95 bits per heavy atom. The number of pyridine rings is 1. The molecule has 0 aromatic carbocycles. The Hall–Kier alpha value is -3.69. The first-order valence-corrected chi connectivity index (χ1v) is 13.1. The lowest BCUT2D eigenvalue weighted by Crippen LogP contribution is -2.71. The van der Waals surface area contributed by atoms with Crippen molar-refractivity contribution in [1.82, 2.24) is 24.0 Å². The molecule has 37 heavy (non-hydrogen) atoms. The number of carboxylic acids is 1. The molecule has 0 bridgehead atoms. The molecule has 3 aromatic rings. The monoisotopic (exact) mass is 563 g/mol. The summed E-state index contributed by atoms with van der Waals surface area (Å²) in [5.41, 5.74) is 6.69. The van der Waals surface area contributed by atoms with Gasteiger partial charge in [0, 0.05) is 28.9 Å². The molecule has 4 N–H and O–H groups in total. The molecule has 3 aromatic heterocycles. The molecule has 0 unspecified atom stereocenters. The predicted octanol–water partition coefficient (Wildman–Crippen LogP) is 0.493. The van der Waals surface area contributed by atoms with Gasteiger partial charge in [-0.05, 0) is 13.0 Å². The number of hydrogen-bond acceptors (Lipinski definition) is 10. The molecule has 192 valence electrons. The summed E-state index contributed by atoms with van der Waals surface area (Å²) in [6.45, 7) is 2.15. The summed E-state index contributed by atoms with van der Waals surface area (Å²) < 4.78 is 7.69. The maximum absolute atomic E-state index is 13.1. The van der Waals surface area contributed by atoms with Gasteiger partial charge in [0.25, 0.3) is 17.5 Å². The van der Waals surface area contributed by atoms with Crippen molar-refractivity contribution in [3.63, 3.8) is 0 Å². The number of aromatic nitrogens is 4. The highest BCUT2D eigenvalue weighted by molar-refractivity contribution is 8.00. The Bertz CT molecular complexity index is 1480. The number of carboxylic acid groups (broad SMARTS) is 1. The predicted molar refractivity (Wildman–Crippen MR) is 135 cm³/mol. The third-order valence-electron chi connectivity index (χ3n) is 5.67. The van der Waals surface area contributed by atoms with Crippen LogP contribution in [0.25, 0.3) is 5.65 Å². The molecular weight excluding hydrogens is 544 g/mol. The molecule has 13 nitrogen and oxygen atoms in total. The number of amides is 2. The second kappa shape index (κ2) is 9.99. The van der Waals surface area contributed by atoms with Gasteiger partial charge < -0.3 is 21.0 Å². The number of thioether (sulfide) groups is 1. The first kappa shape index (κ1) is 25.0. The summed E-state index contributed by atoms with van der Waals surface area (Å²) in [6, 6.07) is 2.62. The standard InChI is InChI=1S/C21H19ClN8O5S2/c1-2-35-26-13(16-25-21(23)37-27-16)17(31)24-14-18(32)30-15(20(33)34)10(9-36-19(14)30)7-28-5-6-29-8-11(22)3-4-12(28)29/h3-6,8,14,19H,2,7,9H2,1H3,(H3-,23,24,25,27,31,33,34)/p+1/b26-13-/t14-,19-/m1/s1. The van der Waals surface area contributed by atoms with Crippen LogP contribution in [-0.4, -0.2) is 71.0 Å². The van der Waals surface area contributed by atoms with E-state index in [1.165, 1.54) is 16.7 Å². The van der Waals surface area contributed by atoms with Crippen LogP contribution < -0.4 is 15.6 Å². The number of anilines is 1. The van der Waals surface area contributed by atoms with E-state index in [4.69, 9.17) is 22.2 Å². The molecule has 2 aliphatic rings. The number of imidazole rings is 1. The lowest BCUT2D eigenvalue weighted by molar-refractivity contribution is -0.662. The number of nitrogens with two attached hydrogens (primary N) is 1. The van der Waals surface area contributed by atoms with Gasteiger partial charge in [0.2, 0.25) is 11.5 Å². The average Bonchev–Trinajstić information content (AvgIpc) is 3.47. The number of β-lactam (4-membered cyclic amide) rings is 1. The number of carbonyl (C=O) groups is 3. The summed E-state index contributed by atoms with van der Waals surface area (Å²) in [5, 5.41) is 16.5. The van der Waals surface area contributed by atoms with Crippen molar-refractivity contribution in [2.24, 2.45) is 5.16 Å². The van der Waals surface area contributed by atoms with Crippen LogP contribution in [0.1, 0.15) is 12.7 Å². The van der Waals surface area contributed by atoms with Crippen molar-refractivity contribution < 1.29 is 28.9 Å². The number of hydrogen-bond donors (Lipinski definition) is 3. The highest BCUT2D eigenvalue weighted by atomic mass is 35.5. The van der Waals surface area contributed by atoms with Crippen LogP contribution >= 0.6 is 34.9 Å². The molecular formula is C21H20ClN8O5S2+.